The first-order valence-electron chi connectivity index (χ1n) is 22.0. The third-order valence-corrected chi connectivity index (χ3v) is 15.4. The Bertz CT molecular complexity index is 2690. The van der Waals surface area contributed by atoms with Crippen LogP contribution in [0.5, 0.6) is 0 Å². The highest BCUT2D eigenvalue weighted by Gasteiger charge is 2.25. The van der Waals surface area contributed by atoms with Gasteiger partial charge in [0.25, 0.3) is 10.0 Å². The topological polar surface area (TPSA) is 97.4 Å². The molecule has 0 radical (unpaired) electrons. The molecule has 3 heterocycles. The lowest BCUT2D eigenvalue weighted by Crippen LogP contribution is -2.46. The van der Waals surface area contributed by atoms with Crippen LogP contribution >= 0.6 is 23.4 Å². The number of aromatic nitrogens is 1. The molecule has 2 aliphatic heterocycles. The van der Waals surface area contributed by atoms with Crippen LogP contribution in [0.2, 0.25) is 5.02 Å². The second-order valence-corrected chi connectivity index (χ2v) is 20.0. The number of nitrogens with zero attached hydrogens (tertiary/aromatic N) is 5. The van der Waals surface area contributed by atoms with Crippen molar-refractivity contribution in [1.82, 2.24) is 9.47 Å². The van der Waals surface area contributed by atoms with E-state index in [0.717, 1.165) is 122 Å². The molecule has 10 nitrogen and oxygen atoms in total. The van der Waals surface area contributed by atoms with Crippen molar-refractivity contribution < 1.29 is 13.5 Å². The van der Waals surface area contributed by atoms with E-state index in [-0.39, 0.29) is 17.0 Å². The van der Waals surface area contributed by atoms with E-state index >= 15 is 0 Å². The van der Waals surface area contributed by atoms with Crippen molar-refractivity contribution in [3.63, 3.8) is 0 Å². The number of benzene rings is 5. The van der Waals surface area contributed by atoms with Crippen LogP contribution in [0.15, 0.2) is 131 Å². The molecule has 2 saturated heterocycles. The van der Waals surface area contributed by atoms with Crippen LogP contribution in [-0.4, -0.2) is 86.7 Å². The van der Waals surface area contributed by atoms with Gasteiger partial charge in [-0.3, -0.25) is 4.72 Å². The number of aliphatic hydroxyl groups excluding tert-OH is 1. The number of halogens is 1. The van der Waals surface area contributed by atoms with Crippen LogP contribution in [0.3, 0.4) is 0 Å². The van der Waals surface area contributed by atoms with Gasteiger partial charge in [-0.2, -0.15) is 0 Å². The molecule has 0 amide bonds. The Morgan fingerprint density at radius 1 is 0.812 bits per heavy atom. The number of thioether (sulfide) groups is 1. The number of likely N-dealkylation sites (tertiary alicyclic amines) is 1. The van der Waals surface area contributed by atoms with Crippen LogP contribution in [0, 0.1) is 20.4 Å². The molecule has 0 spiro atoms. The van der Waals surface area contributed by atoms with Crippen LogP contribution in [-0.2, 0) is 17.1 Å². The van der Waals surface area contributed by atoms with Crippen LogP contribution in [0.1, 0.15) is 30.5 Å². The van der Waals surface area contributed by atoms with Gasteiger partial charge in [0.15, 0.2) is 0 Å². The first-order chi connectivity index (χ1) is 30.9. The number of anilines is 4. The Morgan fingerprint density at radius 2 is 1.50 bits per heavy atom. The van der Waals surface area contributed by atoms with Gasteiger partial charge in [-0.15, -0.1) is 11.8 Å². The zero-order valence-electron chi connectivity index (χ0n) is 36.7. The second-order valence-electron chi connectivity index (χ2n) is 16.8. The number of nitrogens with one attached hydrogen (secondary N) is 2. The quantitative estimate of drug-likeness (QED) is 0.0692. The number of piperidine rings is 1. The highest BCUT2D eigenvalue weighted by molar-refractivity contribution is 7.99. The summed E-state index contributed by atoms with van der Waals surface area (Å²) >= 11 is 8.05. The van der Waals surface area contributed by atoms with Gasteiger partial charge in [-0.05, 0) is 129 Å². The van der Waals surface area contributed by atoms with E-state index in [0.29, 0.717) is 16.4 Å². The Labute approximate surface area is 387 Å². The molecule has 64 heavy (non-hydrogen) atoms. The summed E-state index contributed by atoms with van der Waals surface area (Å²) in [5, 5.41) is 14.4. The second kappa shape index (κ2) is 20.2. The molecule has 0 saturated carbocycles. The van der Waals surface area contributed by atoms with Crippen molar-refractivity contribution in [3.05, 3.63) is 149 Å². The van der Waals surface area contributed by atoms with Gasteiger partial charge in [-0.1, -0.05) is 54.1 Å². The van der Waals surface area contributed by atoms with Gasteiger partial charge in [0.2, 0.25) is 5.69 Å². The van der Waals surface area contributed by atoms with E-state index in [1.165, 1.54) is 4.90 Å². The maximum atomic E-state index is 13.7. The van der Waals surface area contributed by atoms with E-state index in [4.69, 9.17) is 18.2 Å². The van der Waals surface area contributed by atoms with Crippen molar-refractivity contribution in [2.24, 2.45) is 7.05 Å². The highest BCUT2D eigenvalue weighted by atomic mass is 35.5. The summed E-state index contributed by atoms with van der Waals surface area (Å²) in [6.07, 6.45) is 2.37. The number of sulfonamides is 1. The minimum absolute atomic E-state index is 0.169. The van der Waals surface area contributed by atoms with E-state index in [2.05, 4.69) is 82.7 Å². The lowest BCUT2D eigenvalue weighted by atomic mass is 9.99. The molecule has 6 aromatic rings. The molecule has 1 aromatic heterocycles. The third kappa shape index (κ3) is 10.6. The Morgan fingerprint density at radius 3 is 2.17 bits per heavy atom. The summed E-state index contributed by atoms with van der Waals surface area (Å²) in [6.45, 7) is 18.0. The van der Waals surface area contributed by atoms with Gasteiger partial charge in [-0.25, -0.2) is 13.3 Å². The van der Waals surface area contributed by atoms with E-state index < -0.39 is 10.0 Å². The SMILES string of the molecule is [C-]#[N+]c1c(-c2cccc(N3CCN(c4ccc(NS(=O)(=O)c5ccc(N[C@H](CCN6CCC(O)CC6)CSc6ccccc6)c(C)c5)cc4)CC3)c2)c(-c2ccc(Cl)cc2)n(C)c1C. The average Bonchev–Trinajstić information content (AvgIpc) is 3.57. The van der Waals surface area contributed by atoms with Gasteiger partial charge in [0.05, 0.1) is 17.6 Å². The molecule has 332 valence electrons. The number of piperazine rings is 1. The molecular formula is C51H56ClN7O3S2. The fourth-order valence-corrected chi connectivity index (χ4v) is 11.0. The maximum Gasteiger partial charge on any atom is 0.261 e. The van der Waals surface area contributed by atoms with E-state index in [1.807, 2.05) is 93.3 Å². The minimum atomic E-state index is -3.83. The Hall–Kier alpha value is -5.42. The van der Waals surface area contributed by atoms with Crippen molar-refractivity contribution in [2.75, 3.05) is 71.4 Å². The number of rotatable bonds is 15. The monoisotopic (exact) mass is 913 g/mol. The third-order valence-electron chi connectivity index (χ3n) is 12.6. The first-order valence-corrected chi connectivity index (χ1v) is 24.8. The fourth-order valence-electron chi connectivity index (χ4n) is 8.76. The van der Waals surface area contributed by atoms with Crippen LogP contribution in [0.25, 0.3) is 27.2 Å². The molecule has 0 unspecified atom stereocenters. The summed E-state index contributed by atoms with van der Waals surface area (Å²) in [5.41, 5.74) is 9.96. The maximum absolute atomic E-state index is 13.7. The molecular weight excluding hydrogens is 858 g/mol. The summed E-state index contributed by atoms with van der Waals surface area (Å²) in [6, 6.07) is 39.8. The molecule has 0 aliphatic carbocycles. The summed E-state index contributed by atoms with van der Waals surface area (Å²) < 4.78 is 32.3. The molecule has 13 heteroatoms. The van der Waals surface area contributed by atoms with Crippen molar-refractivity contribution in [2.45, 2.75) is 55.0 Å². The molecule has 1 atom stereocenters. The summed E-state index contributed by atoms with van der Waals surface area (Å²) in [5.74, 6) is 0.869. The molecule has 2 fully saturated rings. The fraction of sp³-hybridized carbons (Fsp3) is 0.314. The molecule has 2 aliphatic rings. The standard InChI is InChI=1S/C51H56ClN7O3S2/c1-36-33-47(21-22-48(36)54-42(35-63-46-11-6-5-7-12-46)23-26-57-27-24-45(60)25-28-57)64(61,62)55-41-17-19-43(20-18-41)58-29-31-59(32-30-58)44-10-8-9-39(34-44)49-50(53-3)37(2)56(4)51(49)38-13-15-40(52)16-14-38/h5-22,33-34,42,45,54-55,60H,23-32,35H2,1-2,4H3/t42-/m1/s1. The predicted molar refractivity (Wildman–Crippen MR) is 266 cm³/mol. The zero-order chi connectivity index (χ0) is 44.8. The number of hydrogen-bond donors (Lipinski definition) is 3. The van der Waals surface area contributed by atoms with E-state index in [1.54, 1.807) is 12.1 Å². The van der Waals surface area contributed by atoms with Gasteiger partial charge in [0.1, 0.15) is 0 Å². The summed E-state index contributed by atoms with van der Waals surface area (Å²) in [4.78, 5) is 12.6. The zero-order valence-corrected chi connectivity index (χ0v) is 39.1. The lowest BCUT2D eigenvalue weighted by molar-refractivity contribution is 0.0817. The Kier molecular flexibility index (Phi) is 14.2. The molecule has 8 rings (SSSR count). The normalized spacial score (nSPS) is 15.5. The minimum Gasteiger partial charge on any atom is -0.393 e. The van der Waals surface area contributed by atoms with E-state index in [9.17, 15) is 13.5 Å². The Balaban J connectivity index is 0.887. The molecule has 5 aromatic carbocycles. The largest absolute Gasteiger partial charge is 0.393 e. The van der Waals surface area contributed by atoms with Crippen molar-refractivity contribution in [1.29, 1.82) is 0 Å². The number of hydrogen-bond acceptors (Lipinski definition) is 8. The van der Waals surface area contributed by atoms with Gasteiger partial charge in [0, 0.05) is 114 Å². The highest BCUT2D eigenvalue weighted by Crippen LogP contribution is 2.45. The van der Waals surface area contributed by atoms with Crippen molar-refractivity contribution in [3.8, 4) is 22.4 Å². The number of aryl methyl sites for hydroxylation is 1. The van der Waals surface area contributed by atoms with Crippen LogP contribution < -0.4 is 19.8 Å². The van der Waals surface area contributed by atoms with Crippen LogP contribution in [0.4, 0.5) is 28.4 Å². The van der Waals surface area contributed by atoms with Gasteiger partial charge >= 0.3 is 0 Å². The smallest absolute Gasteiger partial charge is 0.261 e. The first kappa shape index (κ1) is 45.2. The van der Waals surface area contributed by atoms with Gasteiger partial charge < -0.3 is 29.7 Å². The predicted octanol–water partition coefficient (Wildman–Crippen LogP) is 10.7. The lowest BCUT2D eigenvalue weighted by Gasteiger charge is -2.37. The van der Waals surface area contributed by atoms with Crippen molar-refractivity contribution >= 4 is 61.8 Å². The number of aliphatic hydroxyl groups is 1. The summed E-state index contributed by atoms with van der Waals surface area (Å²) in [7, 11) is -1.82. The molecule has 0 bridgehead atoms. The molecule has 3 N–H and O–H groups in total. The average molecular weight is 915 g/mol.